The highest BCUT2D eigenvalue weighted by Crippen LogP contribution is 2.24. The van der Waals surface area contributed by atoms with Crippen molar-refractivity contribution >= 4 is 17.6 Å². The molecular formula is C20H22FN3O2. The number of halogens is 1. The highest BCUT2D eigenvalue weighted by molar-refractivity contribution is 5.95. The van der Waals surface area contributed by atoms with Gasteiger partial charge in [-0.2, -0.15) is 0 Å². The fourth-order valence-electron chi connectivity index (χ4n) is 3.05. The Bertz CT molecular complexity index is 749. The summed E-state index contributed by atoms with van der Waals surface area (Å²) >= 11 is 0. The third-order valence-corrected chi connectivity index (χ3v) is 4.44. The van der Waals surface area contributed by atoms with E-state index >= 15 is 0 Å². The van der Waals surface area contributed by atoms with Crippen LogP contribution in [0.5, 0.6) is 0 Å². The van der Waals surface area contributed by atoms with Crippen molar-refractivity contribution in [2.75, 3.05) is 24.5 Å². The van der Waals surface area contributed by atoms with Crippen LogP contribution in [0.2, 0.25) is 0 Å². The molecular weight excluding hydrogens is 333 g/mol. The Hall–Kier alpha value is -2.89. The summed E-state index contributed by atoms with van der Waals surface area (Å²) in [6.45, 7) is 1.51. The molecule has 0 saturated carbocycles. The van der Waals surface area contributed by atoms with Crippen LogP contribution >= 0.6 is 0 Å². The van der Waals surface area contributed by atoms with Crippen molar-refractivity contribution in [1.29, 1.82) is 0 Å². The Morgan fingerprint density at radius 2 is 1.81 bits per heavy atom. The van der Waals surface area contributed by atoms with E-state index in [1.54, 1.807) is 17.0 Å². The fraction of sp³-hybridized carbons (Fsp3) is 0.300. The Kier molecular flexibility index (Phi) is 5.84. The summed E-state index contributed by atoms with van der Waals surface area (Å²) in [4.78, 5) is 25.7. The number of carbonyl (C=O) groups is 2. The second-order valence-electron chi connectivity index (χ2n) is 6.42. The SMILES string of the molecule is O=C(NCCc1ccccc1)NC[C@H]1CC(=O)N(c2ccc(F)cc2)C1. The van der Waals surface area contributed by atoms with Gasteiger partial charge in [0, 0.05) is 37.7 Å². The Labute approximate surface area is 152 Å². The second kappa shape index (κ2) is 8.47. The van der Waals surface area contributed by atoms with Crippen LogP contribution < -0.4 is 15.5 Å². The van der Waals surface area contributed by atoms with Gasteiger partial charge in [-0.3, -0.25) is 4.79 Å². The number of rotatable bonds is 6. The molecule has 0 unspecified atom stereocenters. The monoisotopic (exact) mass is 355 g/mol. The first-order valence-electron chi connectivity index (χ1n) is 8.73. The van der Waals surface area contributed by atoms with Crippen LogP contribution in [0.15, 0.2) is 54.6 Å². The van der Waals surface area contributed by atoms with Crippen molar-refractivity contribution in [3.63, 3.8) is 0 Å². The minimum atomic E-state index is -0.328. The summed E-state index contributed by atoms with van der Waals surface area (Å²) < 4.78 is 13.0. The Morgan fingerprint density at radius 3 is 2.54 bits per heavy atom. The van der Waals surface area contributed by atoms with Crippen molar-refractivity contribution in [3.8, 4) is 0 Å². The molecule has 2 aromatic rings. The van der Waals surface area contributed by atoms with Gasteiger partial charge in [-0.1, -0.05) is 30.3 Å². The van der Waals surface area contributed by atoms with Gasteiger partial charge in [0.25, 0.3) is 0 Å². The molecule has 1 aliphatic rings. The van der Waals surface area contributed by atoms with Gasteiger partial charge in [0.1, 0.15) is 5.82 Å². The average Bonchev–Trinajstić information content (AvgIpc) is 3.02. The smallest absolute Gasteiger partial charge is 0.314 e. The van der Waals surface area contributed by atoms with Crippen molar-refractivity contribution in [1.82, 2.24) is 10.6 Å². The van der Waals surface area contributed by atoms with Crippen LogP contribution in [-0.2, 0) is 11.2 Å². The number of nitrogens with zero attached hydrogens (tertiary/aromatic N) is 1. The molecule has 2 N–H and O–H groups in total. The third kappa shape index (κ3) is 4.81. The summed E-state index contributed by atoms with van der Waals surface area (Å²) in [5, 5.41) is 5.65. The van der Waals surface area contributed by atoms with E-state index in [2.05, 4.69) is 10.6 Å². The van der Waals surface area contributed by atoms with E-state index in [4.69, 9.17) is 0 Å². The van der Waals surface area contributed by atoms with Crippen LogP contribution in [0.25, 0.3) is 0 Å². The van der Waals surface area contributed by atoms with E-state index in [0.29, 0.717) is 31.7 Å². The molecule has 1 atom stereocenters. The third-order valence-electron chi connectivity index (χ3n) is 4.44. The van der Waals surface area contributed by atoms with Crippen LogP contribution in [-0.4, -0.2) is 31.6 Å². The van der Waals surface area contributed by atoms with Gasteiger partial charge in [0.15, 0.2) is 0 Å². The molecule has 0 aliphatic carbocycles. The molecule has 0 spiro atoms. The van der Waals surface area contributed by atoms with Crippen LogP contribution in [0.3, 0.4) is 0 Å². The molecule has 5 nitrogen and oxygen atoms in total. The van der Waals surface area contributed by atoms with E-state index < -0.39 is 0 Å². The quantitative estimate of drug-likeness (QED) is 0.837. The number of nitrogens with one attached hydrogen (secondary N) is 2. The van der Waals surface area contributed by atoms with Gasteiger partial charge >= 0.3 is 6.03 Å². The van der Waals surface area contributed by atoms with Crippen molar-refractivity contribution < 1.29 is 14.0 Å². The zero-order valence-corrected chi connectivity index (χ0v) is 14.5. The molecule has 26 heavy (non-hydrogen) atoms. The lowest BCUT2D eigenvalue weighted by atomic mass is 10.1. The van der Waals surface area contributed by atoms with Crippen molar-refractivity contribution in [2.45, 2.75) is 12.8 Å². The first kappa shape index (κ1) is 17.9. The molecule has 6 heteroatoms. The Balaban J connectivity index is 1.40. The zero-order chi connectivity index (χ0) is 18.4. The molecule has 1 fully saturated rings. The zero-order valence-electron chi connectivity index (χ0n) is 14.5. The lowest BCUT2D eigenvalue weighted by molar-refractivity contribution is -0.117. The second-order valence-corrected chi connectivity index (χ2v) is 6.42. The molecule has 1 aliphatic heterocycles. The molecule has 3 rings (SSSR count). The van der Waals surface area contributed by atoms with E-state index in [1.807, 2.05) is 30.3 Å². The normalized spacial score (nSPS) is 16.6. The van der Waals surface area contributed by atoms with Gasteiger partial charge in [-0.25, -0.2) is 9.18 Å². The predicted octanol–water partition coefficient (Wildman–Crippen LogP) is 2.72. The van der Waals surface area contributed by atoms with Crippen LogP contribution in [0.4, 0.5) is 14.9 Å². The highest BCUT2D eigenvalue weighted by atomic mass is 19.1. The van der Waals surface area contributed by atoms with Crippen molar-refractivity contribution in [3.05, 3.63) is 66.0 Å². The summed E-state index contributed by atoms with van der Waals surface area (Å²) in [6.07, 6.45) is 1.15. The number of anilines is 1. The molecule has 1 saturated heterocycles. The summed E-state index contributed by atoms with van der Waals surface area (Å²) in [7, 11) is 0. The van der Waals surface area contributed by atoms with Crippen molar-refractivity contribution in [2.24, 2.45) is 5.92 Å². The largest absolute Gasteiger partial charge is 0.338 e. The maximum atomic E-state index is 13.0. The first-order valence-corrected chi connectivity index (χ1v) is 8.73. The summed E-state index contributed by atoms with van der Waals surface area (Å²) in [5.74, 6) is -0.286. The van der Waals surface area contributed by atoms with Gasteiger partial charge < -0.3 is 15.5 Å². The van der Waals surface area contributed by atoms with Crippen LogP contribution in [0.1, 0.15) is 12.0 Å². The number of hydrogen-bond acceptors (Lipinski definition) is 2. The van der Waals surface area contributed by atoms with Gasteiger partial charge in [-0.05, 0) is 36.2 Å². The molecule has 0 bridgehead atoms. The minimum Gasteiger partial charge on any atom is -0.338 e. The summed E-state index contributed by atoms with van der Waals surface area (Å²) in [5.41, 5.74) is 1.86. The molecule has 0 radical (unpaired) electrons. The fourth-order valence-corrected chi connectivity index (χ4v) is 3.05. The topological polar surface area (TPSA) is 61.4 Å². The molecule has 2 aromatic carbocycles. The molecule has 136 valence electrons. The highest BCUT2D eigenvalue weighted by Gasteiger charge is 2.30. The van der Waals surface area contributed by atoms with Crippen LogP contribution in [0, 0.1) is 11.7 Å². The summed E-state index contributed by atoms with van der Waals surface area (Å²) in [6, 6.07) is 15.6. The Morgan fingerprint density at radius 1 is 1.08 bits per heavy atom. The minimum absolute atomic E-state index is 0.00658. The number of amides is 3. The van der Waals surface area contributed by atoms with Gasteiger partial charge in [-0.15, -0.1) is 0 Å². The van der Waals surface area contributed by atoms with E-state index in [9.17, 15) is 14.0 Å². The van der Waals surface area contributed by atoms with Gasteiger partial charge in [0.05, 0.1) is 0 Å². The lowest BCUT2D eigenvalue weighted by Gasteiger charge is -2.17. The standard InChI is InChI=1S/C20H22FN3O2/c21-17-6-8-18(9-7-17)24-14-16(12-19(24)25)13-23-20(26)22-11-10-15-4-2-1-3-5-15/h1-9,16H,10-14H2,(H2,22,23,26)/t16-/m1/s1. The maximum Gasteiger partial charge on any atom is 0.314 e. The number of carbonyl (C=O) groups excluding carboxylic acids is 2. The van der Waals surface area contributed by atoms with E-state index in [0.717, 1.165) is 6.42 Å². The molecule has 1 heterocycles. The molecule has 3 amide bonds. The first-order chi connectivity index (χ1) is 12.6. The average molecular weight is 355 g/mol. The number of hydrogen-bond donors (Lipinski definition) is 2. The number of urea groups is 1. The number of benzene rings is 2. The van der Waals surface area contributed by atoms with E-state index in [1.165, 1.54) is 17.7 Å². The maximum absolute atomic E-state index is 13.0. The predicted molar refractivity (Wildman–Crippen MR) is 98.4 cm³/mol. The van der Waals surface area contributed by atoms with Gasteiger partial charge in [0.2, 0.25) is 5.91 Å². The molecule has 0 aromatic heterocycles. The lowest BCUT2D eigenvalue weighted by Crippen LogP contribution is -2.39. The van der Waals surface area contributed by atoms with E-state index in [-0.39, 0.29) is 23.7 Å².